The first-order valence-electron chi connectivity index (χ1n) is 6.38. The van der Waals surface area contributed by atoms with Gasteiger partial charge in [0.2, 0.25) is 0 Å². The number of halogens is 25. The van der Waals surface area contributed by atoms with Crippen LogP contribution in [0.1, 0.15) is 0 Å². The van der Waals surface area contributed by atoms with Crippen LogP contribution in [-0.2, 0) is 0 Å². The van der Waals surface area contributed by atoms with E-state index in [0.29, 0.717) is 0 Å². The van der Waals surface area contributed by atoms with Crippen molar-refractivity contribution in [2.75, 3.05) is 0 Å². The van der Waals surface area contributed by atoms with Gasteiger partial charge in [0.15, 0.2) is 14.7 Å². The Morgan fingerprint density at radius 3 is 0.528 bits per heavy atom. The van der Waals surface area contributed by atoms with Crippen molar-refractivity contribution in [3.63, 3.8) is 0 Å². The predicted molar refractivity (Wildman–Crippen MR) is 82.3 cm³/mol. The van der Waals surface area contributed by atoms with Gasteiger partial charge < -0.3 is 0 Å². The van der Waals surface area contributed by atoms with E-state index in [1.54, 1.807) is 0 Å². The molecule has 36 heavy (non-hydrogen) atoms. The summed E-state index contributed by atoms with van der Waals surface area (Å²) < 4.78 is 323. The molecule has 229 valence electrons. The molecule has 1 rings (SSSR count). The van der Waals surface area contributed by atoms with Crippen molar-refractivity contribution < 1.29 is 97.1 Å². The molecule has 0 amide bonds. The maximum absolute atomic E-state index is 14.3. The first-order chi connectivity index (χ1) is 13.5. The van der Waals surface area contributed by atoms with Crippen molar-refractivity contribution >= 4 is 51.1 Å². The molecule has 0 spiro atoms. The Kier molecular flexibility index (Phi) is 4.28. The largest absolute Gasteiger partial charge is 0.313 e. The summed E-state index contributed by atoms with van der Waals surface area (Å²) in [7, 11) is -69.9. The summed E-state index contributed by atoms with van der Waals surface area (Å²) in [6.45, 7) is 0. The fraction of sp³-hybridized carbons (Fsp3) is 0. The molecule has 1 radical (unpaired) electrons. The summed E-state index contributed by atoms with van der Waals surface area (Å²) in [5.41, 5.74) is 0. The fourth-order valence-electron chi connectivity index (χ4n) is 2.12. The first-order valence-corrected chi connectivity index (χ1v) is 16.1. The molecular weight excluding hydrogens is 707 g/mol. The van der Waals surface area contributed by atoms with E-state index in [0.717, 1.165) is 0 Å². The van der Waals surface area contributed by atoms with Gasteiger partial charge in [-0.05, 0) is 0 Å². The maximum Gasteiger partial charge on any atom is 0.313 e. The van der Waals surface area contributed by atoms with Crippen LogP contribution in [-0.4, -0.2) is 0 Å². The van der Waals surface area contributed by atoms with Gasteiger partial charge >= 0.3 is 51.1 Å². The second-order valence-electron chi connectivity index (χ2n) is 6.62. The quantitative estimate of drug-likeness (QED) is 0.267. The van der Waals surface area contributed by atoms with Crippen LogP contribution in [0.15, 0.2) is 24.5 Å². The molecule has 0 heterocycles. The number of rotatable bonds is 5. The average Bonchev–Trinajstić information content (AvgIpc) is 2.21. The van der Waals surface area contributed by atoms with E-state index in [9.17, 15) is 97.1 Å². The van der Waals surface area contributed by atoms with Gasteiger partial charge in [-0.1, -0.05) is 97.1 Å². The SMILES string of the molecule is FS(F)(F)(F)(F)c1[c]c(S(F)(F)(F)(F)F)c(S(F)(F)(F)(F)F)c(S(F)(F)(F)(F)F)c1S(F)(F)(F)(F)F. The molecule has 0 unspecified atom stereocenters. The smallest absolute Gasteiger partial charge is 0.0936 e. The normalized spacial score (nSPS) is 24.8. The number of hydrogen-bond acceptors (Lipinski definition) is 0. The van der Waals surface area contributed by atoms with Crippen molar-refractivity contribution in [2.24, 2.45) is 0 Å². The summed E-state index contributed by atoms with van der Waals surface area (Å²) in [5, 5.41) is 0. The minimum Gasteiger partial charge on any atom is -0.0936 e. The van der Waals surface area contributed by atoms with Crippen LogP contribution in [0.5, 0.6) is 0 Å². The van der Waals surface area contributed by atoms with Crippen LogP contribution >= 0.6 is 51.1 Å². The molecule has 0 nitrogen and oxygen atoms in total. The van der Waals surface area contributed by atoms with Gasteiger partial charge in [0.1, 0.15) is 9.79 Å². The molecule has 1 aromatic rings. The highest BCUT2D eigenvalue weighted by atomic mass is 32.5. The zero-order valence-electron chi connectivity index (χ0n) is 14.5. The van der Waals surface area contributed by atoms with E-state index in [1.165, 1.54) is 0 Å². The molecule has 0 aliphatic rings. The second kappa shape index (κ2) is 4.64. The number of benzene rings is 1. The standard InChI is InChI=1S/C6F25S5/c7-32(8,9,10,11)2-1-3(33(12,13,14,15)16)5(35(22,23,24,25)26)6(36(27,28,29,30)31)4(2)34(17,18,19,20)21. The molecule has 30 heteroatoms. The zero-order valence-corrected chi connectivity index (χ0v) is 18.6. The summed E-state index contributed by atoms with van der Waals surface area (Å²) in [5.74, 6) is 0. The van der Waals surface area contributed by atoms with E-state index in [-0.39, 0.29) is 0 Å². The molecule has 0 aromatic heterocycles. The zero-order chi connectivity index (χ0) is 30.6. The third-order valence-electron chi connectivity index (χ3n) is 2.98. The van der Waals surface area contributed by atoms with Gasteiger partial charge in [0.25, 0.3) is 0 Å². The van der Waals surface area contributed by atoms with E-state index < -0.39 is 81.7 Å². The van der Waals surface area contributed by atoms with Gasteiger partial charge in [0.05, 0.1) is 0 Å². The third-order valence-corrected chi connectivity index (χ3v) is 9.19. The van der Waals surface area contributed by atoms with Crippen LogP contribution in [0.3, 0.4) is 0 Å². The highest BCUT2D eigenvalue weighted by Crippen LogP contribution is 3.18. The molecule has 1 aromatic carbocycles. The Hall–Kier alpha value is -0.780. The lowest BCUT2D eigenvalue weighted by molar-refractivity contribution is 0.295. The third kappa shape index (κ3) is 7.20. The lowest BCUT2D eigenvalue weighted by atomic mass is 10.3. The number of hydrogen-bond donors (Lipinski definition) is 0. The van der Waals surface area contributed by atoms with Gasteiger partial charge in [-0.3, -0.25) is 0 Å². The molecule has 0 atom stereocenters. The van der Waals surface area contributed by atoms with E-state index in [2.05, 4.69) is 0 Å². The van der Waals surface area contributed by atoms with Gasteiger partial charge in [0, 0.05) is 6.07 Å². The summed E-state index contributed by atoms with van der Waals surface area (Å²) in [4.78, 5) is -36.4. The highest BCUT2D eigenvalue weighted by Gasteiger charge is 2.88. The minimum atomic E-state index is -14.3. The van der Waals surface area contributed by atoms with E-state index in [1.807, 2.05) is 0 Å². The Bertz CT molecular complexity index is 1130. The molecular formula is C6F25S5. The Balaban J connectivity index is 5.55. The van der Waals surface area contributed by atoms with Crippen LogP contribution in [0.4, 0.5) is 97.1 Å². The van der Waals surface area contributed by atoms with Crippen LogP contribution in [0.2, 0.25) is 0 Å². The Labute approximate surface area is 179 Å². The monoisotopic (exact) mass is 707 g/mol. The van der Waals surface area contributed by atoms with Crippen molar-refractivity contribution in [3.8, 4) is 0 Å². The lowest BCUT2D eigenvalue weighted by Gasteiger charge is -2.56. The molecule has 0 bridgehead atoms. The topological polar surface area (TPSA) is 0 Å². The molecule has 0 N–H and O–H groups in total. The highest BCUT2D eigenvalue weighted by molar-refractivity contribution is 8.51. The second-order valence-corrected chi connectivity index (χ2v) is 18.3. The summed E-state index contributed by atoms with van der Waals surface area (Å²) >= 11 is 0. The molecule has 0 fully saturated rings. The van der Waals surface area contributed by atoms with Crippen molar-refractivity contribution in [1.29, 1.82) is 0 Å². The fourth-order valence-corrected chi connectivity index (χ4v) is 10.3. The van der Waals surface area contributed by atoms with Crippen molar-refractivity contribution in [2.45, 2.75) is 24.5 Å². The first kappa shape index (κ1) is 33.2. The van der Waals surface area contributed by atoms with Crippen molar-refractivity contribution in [3.05, 3.63) is 6.07 Å². The average molecular weight is 707 g/mol. The summed E-state index contributed by atoms with van der Waals surface area (Å²) in [6, 6.07) is -2.52. The lowest BCUT2D eigenvalue weighted by Crippen LogP contribution is -2.28. The van der Waals surface area contributed by atoms with Crippen LogP contribution in [0, 0.1) is 6.07 Å². The molecule has 0 saturated heterocycles. The van der Waals surface area contributed by atoms with E-state index >= 15 is 0 Å². The van der Waals surface area contributed by atoms with Gasteiger partial charge in [-0.2, -0.15) is 0 Å². The Morgan fingerprint density at radius 1 is 0.250 bits per heavy atom. The predicted octanol–water partition coefficient (Wildman–Crippen LogP) is 14.8. The van der Waals surface area contributed by atoms with Gasteiger partial charge in [-0.25, -0.2) is 0 Å². The van der Waals surface area contributed by atoms with Crippen LogP contribution < -0.4 is 0 Å². The molecule has 0 saturated carbocycles. The van der Waals surface area contributed by atoms with Gasteiger partial charge in [-0.15, -0.1) is 0 Å². The Morgan fingerprint density at radius 2 is 0.417 bits per heavy atom. The van der Waals surface area contributed by atoms with E-state index in [4.69, 9.17) is 0 Å². The molecule has 0 aliphatic carbocycles. The maximum atomic E-state index is 13.0. The van der Waals surface area contributed by atoms with Crippen LogP contribution in [0.25, 0.3) is 0 Å². The molecule has 0 aliphatic heterocycles. The summed E-state index contributed by atoms with van der Waals surface area (Å²) in [6.07, 6.45) is 0. The minimum absolute atomic E-state index is 2.52. The van der Waals surface area contributed by atoms with Crippen molar-refractivity contribution in [1.82, 2.24) is 0 Å².